The molecule has 0 radical (unpaired) electrons. The molecule has 0 atom stereocenters. The van der Waals surface area contributed by atoms with E-state index < -0.39 is 10.0 Å². The fourth-order valence-corrected chi connectivity index (χ4v) is 5.67. The van der Waals surface area contributed by atoms with Gasteiger partial charge in [-0.3, -0.25) is 0 Å². The monoisotopic (exact) mass is 432 g/mol. The molecule has 0 saturated carbocycles. The molecule has 0 bridgehead atoms. The van der Waals surface area contributed by atoms with Gasteiger partial charge in [0, 0.05) is 12.6 Å². The molecular weight excluding hydrogens is 399 g/mol. The molecule has 2 aromatic rings. The van der Waals surface area contributed by atoms with E-state index in [2.05, 4.69) is 26.1 Å². The van der Waals surface area contributed by atoms with E-state index in [1.54, 1.807) is 28.6 Å². The minimum Gasteiger partial charge on any atom is -0.317 e. The van der Waals surface area contributed by atoms with Gasteiger partial charge >= 0.3 is 0 Å². The van der Waals surface area contributed by atoms with Gasteiger partial charge < -0.3 is 5.32 Å². The quantitative estimate of drug-likeness (QED) is 0.701. The number of benzene rings is 2. The van der Waals surface area contributed by atoms with Crippen LogP contribution in [-0.4, -0.2) is 38.4 Å². The molecule has 0 aliphatic carbocycles. The van der Waals surface area contributed by atoms with E-state index >= 15 is 0 Å². The molecule has 4 nitrogen and oxygen atoms in total. The van der Waals surface area contributed by atoms with Crippen molar-refractivity contribution in [2.45, 2.75) is 62.8 Å². The van der Waals surface area contributed by atoms with Crippen LogP contribution in [0.3, 0.4) is 0 Å². The maximum Gasteiger partial charge on any atom is 0.243 e. The highest BCUT2D eigenvalue weighted by molar-refractivity contribution is 7.89. The molecule has 0 spiro atoms. The Hall–Kier alpha value is -1.76. The van der Waals surface area contributed by atoms with Gasteiger partial charge in [0.2, 0.25) is 10.0 Å². The lowest BCUT2D eigenvalue weighted by atomic mass is 9.87. The maximum absolute atomic E-state index is 13.5. The van der Waals surface area contributed by atoms with E-state index in [0.717, 1.165) is 43.5 Å². The van der Waals surface area contributed by atoms with Crippen molar-refractivity contribution in [1.82, 2.24) is 9.62 Å². The zero-order valence-electron chi connectivity index (χ0n) is 18.2. The van der Waals surface area contributed by atoms with Crippen LogP contribution in [0, 0.1) is 5.82 Å². The van der Waals surface area contributed by atoms with Gasteiger partial charge in [-0.15, -0.1) is 0 Å². The molecule has 0 aromatic heterocycles. The van der Waals surface area contributed by atoms with Crippen LogP contribution in [0.1, 0.15) is 51.2 Å². The first-order chi connectivity index (χ1) is 14.2. The zero-order valence-corrected chi connectivity index (χ0v) is 19.0. The van der Waals surface area contributed by atoms with Crippen LogP contribution in [0.2, 0.25) is 0 Å². The summed E-state index contributed by atoms with van der Waals surface area (Å²) in [6.45, 7) is 8.48. The Morgan fingerprint density at radius 1 is 1.00 bits per heavy atom. The predicted molar refractivity (Wildman–Crippen MR) is 120 cm³/mol. The molecule has 6 heteroatoms. The third-order valence-electron chi connectivity index (χ3n) is 5.80. The number of sulfonamides is 1. The molecule has 2 aromatic carbocycles. The van der Waals surface area contributed by atoms with Gasteiger partial charge in [0.05, 0.1) is 4.90 Å². The van der Waals surface area contributed by atoms with E-state index in [-0.39, 0.29) is 17.3 Å². The Morgan fingerprint density at radius 3 is 2.17 bits per heavy atom. The van der Waals surface area contributed by atoms with Crippen molar-refractivity contribution in [3.05, 3.63) is 65.5 Å². The van der Waals surface area contributed by atoms with Crippen molar-refractivity contribution in [2.24, 2.45) is 0 Å². The summed E-state index contributed by atoms with van der Waals surface area (Å²) < 4.78 is 41.9. The predicted octanol–water partition coefficient (Wildman–Crippen LogP) is 4.50. The van der Waals surface area contributed by atoms with E-state index in [1.807, 2.05) is 12.1 Å². The van der Waals surface area contributed by atoms with Gasteiger partial charge in [0.1, 0.15) is 5.82 Å². The van der Waals surface area contributed by atoms with E-state index in [9.17, 15) is 12.8 Å². The fraction of sp³-hybridized carbons (Fsp3) is 0.500. The second-order valence-electron chi connectivity index (χ2n) is 9.10. The summed E-state index contributed by atoms with van der Waals surface area (Å²) in [7, 11) is -3.58. The van der Waals surface area contributed by atoms with Crippen LogP contribution in [-0.2, 0) is 21.9 Å². The molecule has 164 valence electrons. The summed E-state index contributed by atoms with van der Waals surface area (Å²) in [6, 6.07) is 13.8. The summed E-state index contributed by atoms with van der Waals surface area (Å²) in [6.07, 6.45) is 3.06. The minimum atomic E-state index is -3.58. The minimum absolute atomic E-state index is 0.00626. The summed E-state index contributed by atoms with van der Waals surface area (Å²) in [5.74, 6) is -0.253. The Bertz CT molecular complexity index is 913. The Kier molecular flexibility index (Phi) is 7.32. The normalized spacial score (nSPS) is 16.2. The zero-order chi connectivity index (χ0) is 21.8. The number of rotatable bonds is 7. The molecule has 1 aliphatic rings. The molecule has 1 fully saturated rings. The van der Waals surface area contributed by atoms with Crippen molar-refractivity contribution in [3.63, 3.8) is 0 Å². The van der Waals surface area contributed by atoms with Crippen molar-refractivity contribution < 1.29 is 12.8 Å². The van der Waals surface area contributed by atoms with Crippen LogP contribution in [0.5, 0.6) is 0 Å². The van der Waals surface area contributed by atoms with Gasteiger partial charge in [-0.1, -0.05) is 45.0 Å². The molecule has 0 amide bonds. The third-order valence-corrected chi connectivity index (χ3v) is 7.77. The summed E-state index contributed by atoms with van der Waals surface area (Å²) in [4.78, 5) is 0.357. The highest BCUT2D eigenvalue weighted by Crippen LogP contribution is 2.27. The standard InChI is InChI=1S/C24H33FN2O2S/c1-24(2,3)20-8-12-23(13-9-20)30(28,29)27(22-14-16-26-17-15-22)18-4-5-19-6-10-21(25)11-7-19/h6-13,22,26H,4-5,14-18H2,1-3H3. The molecule has 30 heavy (non-hydrogen) atoms. The van der Waals surface area contributed by atoms with E-state index in [0.29, 0.717) is 17.9 Å². The van der Waals surface area contributed by atoms with Crippen LogP contribution in [0.15, 0.2) is 53.4 Å². The lowest BCUT2D eigenvalue weighted by Crippen LogP contribution is -2.46. The number of nitrogens with zero attached hydrogens (tertiary/aromatic N) is 1. The molecule has 1 saturated heterocycles. The molecule has 1 aliphatic heterocycles. The largest absolute Gasteiger partial charge is 0.317 e. The van der Waals surface area contributed by atoms with Crippen molar-refractivity contribution in [2.75, 3.05) is 19.6 Å². The molecule has 1 heterocycles. The van der Waals surface area contributed by atoms with Crippen molar-refractivity contribution in [1.29, 1.82) is 0 Å². The number of piperidine rings is 1. The second kappa shape index (κ2) is 9.58. The SMILES string of the molecule is CC(C)(C)c1ccc(S(=O)(=O)N(CCCc2ccc(F)cc2)C2CCNCC2)cc1. The summed E-state index contributed by atoms with van der Waals surface area (Å²) in [5.41, 5.74) is 2.12. The lowest BCUT2D eigenvalue weighted by Gasteiger charge is -2.34. The second-order valence-corrected chi connectivity index (χ2v) is 11.0. The topological polar surface area (TPSA) is 49.4 Å². The van der Waals surface area contributed by atoms with Gasteiger partial charge in [-0.2, -0.15) is 4.31 Å². The summed E-state index contributed by atoms with van der Waals surface area (Å²) >= 11 is 0. The van der Waals surface area contributed by atoms with Gasteiger partial charge in [-0.25, -0.2) is 12.8 Å². The number of hydrogen-bond acceptors (Lipinski definition) is 3. The maximum atomic E-state index is 13.5. The molecule has 3 rings (SSSR count). The molecule has 0 unspecified atom stereocenters. The highest BCUT2D eigenvalue weighted by atomic mass is 32.2. The van der Waals surface area contributed by atoms with Crippen LogP contribution >= 0.6 is 0 Å². The summed E-state index contributed by atoms with van der Waals surface area (Å²) in [5, 5.41) is 3.32. The number of aryl methyl sites for hydroxylation is 1. The number of hydrogen-bond donors (Lipinski definition) is 1. The highest BCUT2D eigenvalue weighted by Gasteiger charge is 2.32. The van der Waals surface area contributed by atoms with Crippen LogP contribution < -0.4 is 5.32 Å². The molecule has 1 N–H and O–H groups in total. The van der Waals surface area contributed by atoms with Gasteiger partial charge in [-0.05, 0) is 79.6 Å². The Labute approximate surface area is 180 Å². The average molecular weight is 433 g/mol. The first kappa shape index (κ1) is 22.9. The third kappa shape index (κ3) is 5.68. The first-order valence-corrected chi connectivity index (χ1v) is 12.2. The van der Waals surface area contributed by atoms with Crippen LogP contribution in [0.25, 0.3) is 0 Å². The number of nitrogens with one attached hydrogen (secondary N) is 1. The smallest absolute Gasteiger partial charge is 0.243 e. The van der Waals surface area contributed by atoms with Crippen molar-refractivity contribution >= 4 is 10.0 Å². The fourth-order valence-electron chi connectivity index (χ4n) is 3.95. The van der Waals surface area contributed by atoms with E-state index in [4.69, 9.17) is 0 Å². The first-order valence-electron chi connectivity index (χ1n) is 10.8. The van der Waals surface area contributed by atoms with Gasteiger partial charge in [0.25, 0.3) is 0 Å². The Balaban J connectivity index is 1.78. The van der Waals surface area contributed by atoms with Crippen LogP contribution in [0.4, 0.5) is 4.39 Å². The number of halogens is 1. The average Bonchev–Trinajstić information content (AvgIpc) is 2.72. The van der Waals surface area contributed by atoms with E-state index in [1.165, 1.54) is 12.1 Å². The Morgan fingerprint density at radius 2 is 1.60 bits per heavy atom. The van der Waals surface area contributed by atoms with Gasteiger partial charge in [0.15, 0.2) is 0 Å². The lowest BCUT2D eigenvalue weighted by molar-refractivity contribution is 0.260. The van der Waals surface area contributed by atoms with Crippen molar-refractivity contribution in [3.8, 4) is 0 Å². The molecular formula is C24H33FN2O2S.